The van der Waals surface area contributed by atoms with Gasteiger partial charge in [-0.05, 0) is 47.9 Å². The Kier molecular flexibility index (Phi) is 4.25. The molecule has 5 aromatic rings. The Hall–Kier alpha value is -3.63. The summed E-state index contributed by atoms with van der Waals surface area (Å²) < 4.78 is 2.13. The molecule has 0 saturated heterocycles. The van der Waals surface area contributed by atoms with Crippen LogP contribution in [-0.2, 0) is 6.42 Å². The van der Waals surface area contributed by atoms with E-state index in [0.29, 0.717) is 5.02 Å². The van der Waals surface area contributed by atoms with Gasteiger partial charge >= 0.3 is 0 Å². The number of hydrogen-bond donors (Lipinski definition) is 0. The lowest BCUT2D eigenvalue weighted by Crippen LogP contribution is -2.15. The summed E-state index contributed by atoms with van der Waals surface area (Å²) in [7, 11) is 0. The number of hydrogen-bond acceptors (Lipinski definition) is 3. The average molecular weight is 423 g/mol. The summed E-state index contributed by atoms with van der Waals surface area (Å²) in [5, 5.41) is 1.77. The van der Waals surface area contributed by atoms with Gasteiger partial charge in [0.2, 0.25) is 0 Å². The highest BCUT2D eigenvalue weighted by Crippen LogP contribution is 2.41. The zero-order chi connectivity index (χ0) is 20.8. The van der Waals surface area contributed by atoms with E-state index in [1.807, 2.05) is 30.3 Å². The Balaban J connectivity index is 1.64. The molecule has 0 radical (unpaired) electrons. The van der Waals surface area contributed by atoms with Crippen LogP contribution < -0.4 is 4.90 Å². The number of aromatic nitrogens is 3. The van der Waals surface area contributed by atoms with Crippen LogP contribution in [0.5, 0.6) is 0 Å². The maximum Gasteiger partial charge on any atom is 0.150 e. The van der Waals surface area contributed by atoms with Gasteiger partial charge in [-0.15, -0.1) is 0 Å². The molecule has 0 spiro atoms. The molecule has 150 valence electrons. The quantitative estimate of drug-likeness (QED) is 0.335. The molecule has 0 fully saturated rings. The highest BCUT2D eigenvalue weighted by Gasteiger charge is 2.26. The molecule has 2 aromatic heterocycles. The standard InChI is InChI=1S/C26H19ClN4/c27-20-10-12-21(13-11-20)31-16-22(18-6-2-1-3-7-18)24-25(28-17-29-26(24)31)30-15-14-19-8-4-5-9-23(19)30/h1-13,16-17H,14-15H2. The van der Waals surface area contributed by atoms with Crippen LogP contribution in [-0.4, -0.2) is 21.1 Å². The fourth-order valence-corrected chi connectivity index (χ4v) is 4.57. The molecule has 1 aliphatic heterocycles. The second-order valence-electron chi connectivity index (χ2n) is 7.68. The van der Waals surface area contributed by atoms with Gasteiger partial charge in [0.05, 0.1) is 5.39 Å². The number of para-hydroxylation sites is 1. The molecule has 6 rings (SSSR count). The van der Waals surface area contributed by atoms with Crippen molar-refractivity contribution in [3.8, 4) is 16.8 Å². The van der Waals surface area contributed by atoms with Gasteiger partial charge in [-0.25, -0.2) is 9.97 Å². The van der Waals surface area contributed by atoms with Gasteiger partial charge in [-0.3, -0.25) is 0 Å². The molecule has 0 aliphatic carbocycles. The number of anilines is 2. The first-order valence-corrected chi connectivity index (χ1v) is 10.7. The van der Waals surface area contributed by atoms with E-state index in [9.17, 15) is 0 Å². The summed E-state index contributed by atoms with van der Waals surface area (Å²) in [4.78, 5) is 11.8. The van der Waals surface area contributed by atoms with Crippen molar-refractivity contribution >= 4 is 34.1 Å². The van der Waals surface area contributed by atoms with E-state index < -0.39 is 0 Å². The summed E-state index contributed by atoms with van der Waals surface area (Å²) in [5.41, 5.74) is 6.74. The molecular formula is C26H19ClN4. The molecule has 3 aromatic carbocycles. The van der Waals surface area contributed by atoms with Crippen molar-refractivity contribution in [1.29, 1.82) is 0 Å². The molecule has 0 N–H and O–H groups in total. The zero-order valence-electron chi connectivity index (χ0n) is 16.7. The maximum atomic E-state index is 6.14. The van der Waals surface area contributed by atoms with Gasteiger partial charge in [0.25, 0.3) is 0 Å². The summed E-state index contributed by atoms with van der Waals surface area (Å²) in [6.07, 6.45) is 4.84. The molecule has 0 amide bonds. The van der Waals surface area contributed by atoms with Crippen molar-refractivity contribution in [3.63, 3.8) is 0 Å². The van der Waals surface area contributed by atoms with E-state index in [1.165, 1.54) is 11.3 Å². The second-order valence-corrected chi connectivity index (χ2v) is 8.12. The van der Waals surface area contributed by atoms with Crippen molar-refractivity contribution < 1.29 is 0 Å². The van der Waals surface area contributed by atoms with E-state index in [4.69, 9.17) is 21.6 Å². The topological polar surface area (TPSA) is 34.0 Å². The van der Waals surface area contributed by atoms with Crippen LogP contribution in [0.15, 0.2) is 91.4 Å². The lowest BCUT2D eigenvalue weighted by atomic mass is 10.1. The van der Waals surface area contributed by atoms with Gasteiger partial charge in [0.1, 0.15) is 12.1 Å². The third kappa shape index (κ3) is 2.99. The Morgan fingerprint density at radius 2 is 1.58 bits per heavy atom. The highest BCUT2D eigenvalue weighted by molar-refractivity contribution is 6.30. The van der Waals surface area contributed by atoms with E-state index in [2.05, 4.69) is 64.2 Å². The second kappa shape index (κ2) is 7.25. The Labute approximate surface area is 185 Å². The fraction of sp³-hybridized carbons (Fsp3) is 0.0769. The maximum absolute atomic E-state index is 6.14. The van der Waals surface area contributed by atoms with Crippen LogP contribution in [0.2, 0.25) is 5.02 Å². The molecule has 3 heterocycles. The van der Waals surface area contributed by atoms with Crippen molar-refractivity contribution in [1.82, 2.24) is 14.5 Å². The van der Waals surface area contributed by atoms with Gasteiger partial charge in [-0.1, -0.05) is 60.1 Å². The molecule has 0 unspecified atom stereocenters. The number of rotatable bonds is 3. The average Bonchev–Trinajstić information content (AvgIpc) is 3.42. The largest absolute Gasteiger partial charge is 0.325 e. The first kappa shape index (κ1) is 18.2. The molecule has 0 bridgehead atoms. The van der Waals surface area contributed by atoms with Crippen LogP contribution >= 0.6 is 11.6 Å². The minimum absolute atomic E-state index is 0.715. The van der Waals surface area contributed by atoms with Crippen LogP contribution in [0.1, 0.15) is 5.56 Å². The molecule has 4 nitrogen and oxygen atoms in total. The van der Waals surface area contributed by atoms with Gasteiger partial charge in [0.15, 0.2) is 5.65 Å². The molecule has 0 saturated carbocycles. The normalized spacial score (nSPS) is 13.0. The van der Waals surface area contributed by atoms with Gasteiger partial charge in [-0.2, -0.15) is 0 Å². The van der Waals surface area contributed by atoms with Crippen molar-refractivity contribution in [2.75, 3.05) is 11.4 Å². The Morgan fingerprint density at radius 1 is 0.806 bits per heavy atom. The van der Waals surface area contributed by atoms with Crippen LogP contribution in [0.3, 0.4) is 0 Å². The van der Waals surface area contributed by atoms with Gasteiger partial charge < -0.3 is 9.47 Å². The van der Waals surface area contributed by atoms with E-state index >= 15 is 0 Å². The minimum atomic E-state index is 0.715. The van der Waals surface area contributed by atoms with Crippen molar-refractivity contribution in [2.45, 2.75) is 6.42 Å². The minimum Gasteiger partial charge on any atom is -0.325 e. The molecular weight excluding hydrogens is 404 g/mol. The van der Waals surface area contributed by atoms with Gasteiger partial charge in [0, 0.05) is 34.7 Å². The van der Waals surface area contributed by atoms with E-state index in [1.54, 1.807) is 6.33 Å². The zero-order valence-corrected chi connectivity index (χ0v) is 17.5. The number of nitrogens with zero attached hydrogens (tertiary/aromatic N) is 4. The predicted molar refractivity (Wildman–Crippen MR) is 126 cm³/mol. The van der Waals surface area contributed by atoms with Crippen molar-refractivity contribution in [2.24, 2.45) is 0 Å². The van der Waals surface area contributed by atoms with Crippen LogP contribution in [0.25, 0.3) is 27.8 Å². The van der Waals surface area contributed by atoms with E-state index in [-0.39, 0.29) is 0 Å². The Bertz CT molecular complexity index is 1390. The smallest absolute Gasteiger partial charge is 0.150 e. The van der Waals surface area contributed by atoms with E-state index in [0.717, 1.165) is 46.6 Å². The number of benzene rings is 3. The lowest BCUT2D eigenvalue weighted by molar-refractivity contribution is 0.971. The monoisotopic (exact) mass is 422 g/mol. The molecule has 0 atom stereocenters. The Morgan fingerprint density at radius 3 is 2.42 bits per heavy atom. The summed E-state index contributed by atoms with van der Waals surface area (Å²) >= 11 is 6.14. The fourth-order valence-electron chi connectivity index (χ4n) is 4.44. The molecule has 31 heavy (non-hydrogen) atoms. The third-order valence-electron chi connectivity index (χ3n) is 5.90. The summed E-state index contributed by atoms with van der Waals surface area (Å²) in [5.74, 6) is 0.946. The first-order valence-electron chi connectivity index (χ1n) is 10.3. The molecule has 1 aliphatic rings. The van der Waals surface area contributed by atoms with Crippen molar-refractivity contribution in [3.05, 3.63) is 102 Å². The highest BCUT2D eigenvalue weighted by atomic mass is 35.5. The molecule has 5 heteroatoms. The third-order valence-corrected chi connectivity index (χ3v) is 6.15. The number of halogens is 1. The predicted octanol–water partition coefficient (Wildman–Crippen LogP) is 6.44. The summed E-state index contributed by atoms with van der Waals surface area (Å²) in [6.45, 7) is 0.909. The number of fused-ring (bicyclic) bond motifs is 2. The first-order chi connectivity index (χ1) is 15.3. The van der Waals surface area contributed by atoms with Crippen LogP contribution in [0.4, 0.5) is 11.5 Å². The van der Waals surface area contributed by atoms with Crippen LogP contribution in [0, 0.1) is 0 Å². The lowest BCUT2D eigenvalue weighted by Gasteiger charge is -2.19. The SMILES string of the molecule is Clc1ccc(-n2cc(-c3ccccc3)c3c(N4CCc5ccccc54)ncnc32)cc1. The summed E-state index contributed by atoms with van der Waals surface area (Å²) in [6, 6.07) is 26.9.